The lowest BCUT2D eigenvalue weighted by Gasteiger charge is -2.17. The Morgan fingerprint density at radius 3 is 2.72 bits per heavy atom. The molecule has 2 aromatic carbocycles. The zero-order chi connectivity index (χ0) is 17.9. The average Bonchev–Trinajstić information content (AvgIpc) is 3.36. The van der Waals surface area contributed by atoms with Crippen LogP contribution >= 0.6 is 0 Å². The number of epoxide rings is 1. The van der Waals surface area contributed by atoms with Gasteiger partial charge in [-0.1, -0.05) is 42.5 Å². The van der Waals surface area contributed by atoms with Crippen molar-refractivity contribution in [3.05, 3.63) is 75.8 Å². The molecular weight excluding hydrogens is 318 g/mol. The highest BCUT2D eigenvalue weighted by atomic mass is 16.6. The molecule has 0 radical (unpaired) electrons. The van der Waals surface area contributed by atoms with Crippen LogP contribution in [-0.2, 0) is 11.3 Å². The van der Waals surface area contributed by atoms with Crippen molar-refractivity contribution in [2.75, 3.05) is 13.6 Å². The Hall–Kier alpha value is -2.75. The second kappa shape index (κ2) is 7.01. The monoisotopic (exact) mass is 337 g/mol. The van der Waals surface area contributed by atoms with Crippen LogP contribution in [-0.4, -0.2) is 29.0 Å². The molecule has 0 aromatic heterocycles. The third-order valence-corrected chi connectivity index (χ3v) is 4.43. The first-order valence-electron chi connectivity index (χ1n) is 8.10. The number of nitro benzene ring substituents is 1. The second-order valence-corrected chi connectivity index (χ2v) is 6.32. The van der Waals surface area contributed by atoms with Crippen molar-refractivity contribution < 1.29 is 9.66 Å². The first-order valence-corrected chi connectivity index (χ1v) is 8.10. The summed E-state index contributed by atoms with van der Waals surface area (Å²) in [5, 5.41) is 20.5. The molecule has 2 aromatic rings. The predicted molar refractivity (Wildman–Crippen MR) is 92.7 cm³/mol. The Labute approximate surface area is 146 Å². The third kappa shape index (κ3) is 3.85. The van der Waals surface area contributed by atoms with Crippen LogP contribution in [0, 0.1) is 21.4 Å². The lowest BCUT2D eigenvalue weighted by molar-refractivity contribution is -0.384. The topological polar surface area (TPSA) is 82.7 Å². The maximum atomic E-state index is 10.9. The molecule has 0 aliphatic carbocycles. The molecule has 0 amide bonds. The summed E-state index contributed by atoms with van der Waals surface area (Å²) < 4.78 is 5.66. The van der Waals surface area contributed by atoms with E-state index in [9.17, 15) is 15.4 Å². The highest BCUT2D eigenvalue weighted by molar-refractivity contribution is 5.40. The molecule has 25 heavy (non-hydrogen) atoms. The highest BCUT2D eigenvalue weighted by Gasteiger charge is 2.58. The average molecular weight is 337 g/mol. The van der Waals surface area contributed by atoms with Gasteiger partial charge in [0, 0.05) is 31.6 Å². The number of benzene rings is 2. The summed E-state index contributed by atoms with van der Waals surface area (Å²) in [6, 6.07) is 18.7. The minimum absolute atomic E-state index is 0.0148. The van der Waals surface area contributed by atoms with Gasteiger partial charge in [0.05, 0.1) is 4.92 Å². The zero-order valence-corrected chi connectivity index (χ0v) is 14.0. The summed E-state index contributed by atoms with van der Waals surface area (Å²) in [5.74, 6) is 0. The SMILES string of the molecule is CN(CC[C@]1(C#N)O[C@H]1c1cccc([N+](=O)[O-])c1)Cc1ccccc1. The van der Waals surface area contributed by atoms with Crippen LogP contribution < -0.4 is 0 Å². The fraction of sp³-hybridized carbons (Fsp3) is 0.316. The van der Waals surface area contributed by atoms with Gasteiger partial charge in [-0.3, -0.25) is 10.1 Å². The van der Waals surface area contributed by atoms with E-state index >= 15 is 0 Å². The molecule has 0 N–H and O–H groups in total. The molecule has 0 saturated carbocycles. The number of hydrogen-bond acceptors (Lipinski definition) is 5. The van der Waals surface area contributed by atoms with E-state index in [-0.39, 0.29) is 5.69 Å². The predicted octanol–water partition coefficient (Wildman–Crippen LogP) is 3.45. The number of rotatable bonds is 7. The van der Waals surface area contributed by atoms with Crippen LogP contribution in [0.2, 0.25) is 0 Å². The Balaban J connectivity index is 1.61. The molecule has 1 saturated heterocycles. The van der Waals surface area contributed by atoms with Gasteiger partial charge in [0.1, 0.15) is 12.2 Å². The third-order valence-electron chi connectivity index (χ3n) is 4.43. The number of ether oxygens (including phenoxy) is 1. The van der Waals surface area contributed by atoms with Crippen molar-refractivity contribution in [2.45, 2.75) is 24.7 Å². The molecule has 3 rings (SSSR count). The van der Waals surface area contributed by atoms with Crippen molar-refractivity contribution in [3.63, 3.8) is 0 Å². The Morgan fingerprint density at radius 1 is 1.28 bits per heavy atom. The molecule has 0 bridgehead atoms. The fourth-order valence-corrected chi connectivity index (χ4v) is 2.98. The van der Waals surface area contributed by atoms with Crippen molar-refractivity contribution in [3.8, 4) is 6.07 Å². The van der Waals surface area contributed by atoms with Crippen molar-refractivity contribution >= 4 is 5.69 Å². The van der Waals surface area contributed by atoms with Crippen molar-refractivity contribution in [1.29, 1.82) is 5.26 Å². The summed E-state index contributed by atoms with van der Waals surface area (Å²) in [5.41, 5.74) is 1.02. The van der Waals surface area contributed by atoms with Crippen LogP contribution in [0.25, 0.3) is 0 Å². The molecule has 6 heteroatoms. The molecule has 6 nitrogen and oxygen atoms in total. The smallest absolute Gasteiger partial charge is 0.269 e. The van der Waals surface area contributed by atoms with Crippen LogP contribution in [0.5, 0.6) is 0 Å². The fourth-order valence-electron chi connectivity index (χ4n) is 2.98. The number of non-ortho nitro benzene ring substituents is 1. The summed E-state index contributed by atoms with van der Waals surface area (Å²) >= 11 is 0. The maximum absolute atomic E-state index is 10.9. The standard InChI is InChI=1S/C19H19N3O3/c1-21(13-15-6-3-2-4-7-15)11-10-19(14-20)18(25-19)16-8-5-9-17(12-16)22(23)24/h2-9,12,18H,10-11,13H2,1H3/t18-,19+/m0/s1. The first-order chi connectivity index (χ1) is 12.0. The van der Waals surface area contributed by atoms with E-state index in [0.717, 1.165) is 6.54 Å². The number of nitriles is 1. The summed E-state index contributed by atoms with van der Waals surface area (Å²) in [4.78, 5) is 12.6. The summed E-state index contributed by atoms with van der Waals surface area (Å²) in [6.07, 6.45) is 0.155. The minimum atomic E-state index is -0.889. The number of nitrogens with zero attached hydrogens (tertiary/aromatic N) is 3. The minimum Gasteiger partial charge on any atom is -0.345 e. The Kier molecular flexibility index (Phi) is 4.79. The normalized spacial score (nSPS) is 21.7. The molecule has 1 aliphatic rings. The molecule has 128 valence electrons. The lowest BCUT2D eigenvalue weighted by Crippen LogP contribution is -2.24. The molecule has 2 atom stereocenters. The largest absolute Gasteiger partial charge is 0.345 e. The molecule has 0 unspecified atom stereocenters. The van der Waals surface area contributed by atoms with Gasteiger partial charge in [-0.15, -0.1) is 0 Å². The molecular formula is C19H19N3O3. The van der Waals surface area contributed by atoms with E-state index in [0.29, 0.717) is 18.5 Å². The Bertz CT molecular complexity index is 803. The van der Waals surface area contributed by atoms with Crippen LogP contribution in [0.4, 0.5) is 5.69 Å². The molecule has 1 fully saturated rings. The van der Waals surface area contributed by atoms with Gasteiger partial charge in [-0.2, -0.15) is 5.26 Å². The molecule has 0 spiro atoms. The van der Waals surface area contributed by atoms with Gasteiger partial charge in [-0.05, 0) is 18.2 Å². The van der Waals surface area contributed by atoms with E-state index in [1.807, 2.05) is 25.2 Å². The van der Waals surface area contributed by atoms with Gasteiger partial charge < -0.3 is 9.64 Å². The van der Waals surface area contributed by atoms with Gasteiger partial charge in [0.25, 0.3) is 5.69 Å². The van der Waals surface area contributed by atoms with E-state index in [4.69, 9.17) is 4.74 Å². The van der Waals surface area contributed by atoms with Crippen LogP contribution in [0.3, 0.4) is 0 Å². The van der Waals surface area contributed by atoms with Crippen LogP contribution in [0.15, 0.2) is 54.6 Å². The summed E-state index contributed by atoms with van der Waals surface area (Å²) in [7, 11) is 2.00. The number of nitro groups is 1. The summed E-state index contributed by atoms with van der Waals surface area (Å²) in [6.45, 7) is 1.50. The van der Waals surface area contributed by atoms with E-state index < -0.39 is 16.6 Å². The quantitative estimate of drug-likeness (QED) is 0.439. The molecule has 1 heterocycles. The van der Waals surface area contributed by atoms with Gasteiger partial charge in [0.15, 0.2) is 5.60 Å². The van der Waals surface area contributed by atoms with Gasteiger partial charge >= 0.3 is 0 Å². The van der Waals surface area contributed by atoms with Gasteiger partial charge in [0.2, 0.25) is 0 Å². The zero-order valence-electron chi connectivity index (χ0n) is 14.0. The number of hydrogen-bond donors (Lipinski definition) is 0. The van der Waals surface area contributed by atoms with Crippen LogP contribution in [0.1, 0.15) is 23.7 Å². The first kappa shape index (κ1) is 17.1. The molecule has 1 aliphatic heterocycles. The highest BCUT2D eigenvalue weighted by Crippen LogP contribution is 2.52. The van der Waals surface area contributed by atoms with Gasteiger partial charge in [-0.25, -0.2) is 0 Å². The van der Waals surface area contributed by atoms with Crippen molar-refractivity contribution in [1.82, 2.24) is 4.90 Å². The van der Waals surface area contributed by atoms with E-state index in [1.54, 1.807) is 12.1 Å². The maximum Gasteiger partial charge on any atom is 0.269 e. The van der Waals surface area contributed by atoms with E-state index in [2.05, 4.69) is 23.1 Å². The van der Waals surface area contributed by atoms with E-state index in [1.165, 1.54) is 17.7 Å². The second-order valence-electron chi connectivity index (χ2n) is 6.32. The lowest BCUT2D eigenvalue weighted by atomic mass is 9.97. The Morgan fingerprint density at radius 2 is 2.04 bits per heavy atom. The van der Waals surface area contributed by atoms with Crippen molar-refractivity contribution in [2.24, 2.45) is 0 Å².